The van der Waals surface area contributed by atoms with Gasteiger partial charge in [0.2, 0.25) is 0 Å². The number of aryl methyl sites for hydroxylation is 2. The van der Waals surface area contributed by atoms with Gasteiger partial charge in [-0.2, -0.15) is 5.10 Å². The highest BCUT2D eigenvalue weighted by molar-refractivity contribution is 9.10. The summed E-state index contributed by atoms with van der Waals surface area (Å²) in [7, 11) is 1.97. The van der Waals surface area contributed by atoms with Crippen molar-refractivity contribution in [3.63, 3.8) is 0 Å². The molecule has 2 atom stereocenters. The fraction of sp³-hybridized carbons (Fsp3) is 0.750. The van der Waals surface area contributed by atoms with Crippen molar-refractivity contribution in [1.29, 1.82) is 0 Å². The number of hydrogen-bond donors (Lipinski definition) is 1. The van der Waals surface area contributed by atoms with E-state index in [1.807, 2.05) is 11.7 Å². The zero-order valence-corrected chi connectivity index (χ0v) is 12.0. The summed E-state index contributed by atoms with van der Waals surface area (Å²) in [6.45, 7) is 2.96. The Bertz CT molecular complexity index is 385. The Kier molecular flexibility index (Phi) is 4.22. The number of aromatic nitrogens is 2. The van der Waals surface area contributed by atoms with E-state index in [0.29, 0.717) is 0 Å². The molecule has 1 fully saturated rings. The van der Waals surface area contributed by atoms with E-state index >= 15 is 0 Å². The molecule has 1 saturated heterocycles. The minimum absolute atomic E-state index is 0.0638. The lowest BCUT2D eigenvalue weighted by Gasteiger charge is -2.18. The van der Waals surface area contributed by atoms with Gasteiger partial charge in [0.05, 0.1) is 22.0 Å². The van der Waals surface area contributed by atoms with Crippen LogP contribution in [-0.4, -0.2) is 28.5 Å². The molecule has 0 aliphatic carbocycles. The van der Waals surface area contributed by atoms with Crippen LogP contribution < -0.4 is 5.73 Å². The number of nitrogens with two attached hydrogens (primary N) is 1. The van der Waals surface area contributed by atoms with Crippen molar-refractivity contribution in [1.82, 2.24) is 9.78 Å². The average Bonchev–Trinajstić information content (AvgIpc) is 2.92. The van der Waals surface area contributed by atoms with Crippen LogP contribution in [0.15, 0.2) is 4.47 Å². The maximum absolute atomic E-state index is 6.21. The normalized spacial score (nSPS) is 22.0. The molecule has 0 amide bonds. The molecule has 0 aromatic carbocycles. The first-order valence-electron chi connectivity index (χ1n) is 6.21. The molecule has 2 heterocycles. The number of halogens is 1. The lowest BCUT2D eigenvalue weighted by molar-refractivity contribution is 0.0894. The Morgan fingerprint density at radius 2 is 2.41 bits per heavy atom. The van der Waals surface area contributed by atoms with Crippen molar-refractivity contribution in [2.75, 3.05) is 6.61 Å². The van der Waals surface area contributed by atoms with Gasteiger partial charge in [0.25, 0.3) is 0 Å². The third-order valence-corrected chi connectivity index (χ3v) is 4.29. The van der Waals surface area contributed by atoms with Crippen LogP contribution in [0.4, 0.5) is 0 Å². The minimum atomic E-state index is 0.0638. The van der Waals surface area contributed by atoms with Crippen LogP contribution in [0.3, 0.4) is 0 Å². The molecule has 0 bridgehead atoms. The van der Waals surface area contributed by atoms with Crippen molar-refractivity contribution < 1.29 is 4.74 Å². The Morgan fingerprint density at radius 1 is 1.65 bits per heavy atom. The second-order valence-electron chi connectivity index (χ2n) is 4.60. The van der Waals surface area contributed by atoms with Crippen molar-refractivity contribution >= 4 is 15.9 Å². The van der Waals surface area contributed by atoms with Gasteiger partial charge in [0, 0.05) is 26.1 Å². The SMILES string of the molecule is CCc1nn(C)c(CC(N)C2CCCO2)c1Br. The summed E-state index contributed by atoms with van der Waals surface area (Å²) in [6, 6.07) is 0.0638. The predicted octanol–water partition coefficient (Wildman–Crippen LogP) is 1.79. The summed E-state index contributed by atoms with van der Waals surface area (Å²) in [5, 5.41) is 4.48. The van der Waals surface area contributed by atoms with E-state index in [1.54, 1.807) is 0 Å². The summed E-state index contributed by atoms with van der Waals surface area (Å²) in [5.41, 5.74) is 8.48. The van der Waals surface area contributed by atoms with Crippen molar-refractivity contribution in [2.45, 2.75) is 44.8 Å². The number of nitrogens with zero attached hydrogens (tertiary/aromatic N) is 2. The largest absolute Gasteiger partial charge is 0.377 e. The van der Waals surface area contributed by atoms with E-state index in [1.165, 1.54) is 5.69 Å². The van der Waals surface area contributed by atoms with Crippen LogP contribution in [0.1, 0.15) is 31.2 Å². The fourth-order valence-electron chi connectivity index (χ4n) is 2.34. The lowest BCUT2D eigenvalue weighted by atomic mass is 10.0. The van der Waals surface area contributed by atoms with Gasteiger partial charge >= 0.3 is 0 Å². The van der Waals surface area contributed by atoms with Crippen LogP contribution >= 0.6 is 15.9 Å². The summed E-state index contributed by atoms with van der Waals surface area (Å²) in [5.74, 6) is 0. The fourth-order valence-corrected chi connectivity index (χ4v) is 3.11. The maximum atomic E-state index is 6.21. The number of hydrogen-bond acceptors (Lipinski definition) is 3. The van der Waals surface area contributed by atoms with Crippen LogP contribution in [0.5, 0.6) is 0 Å². The Hall–Kier alpha value is -0.390. The Labute approximate surface area is 111 Å². The van der Waals surface area contributed by atoms with E-state index in [9.17, 15) is 0 Å². The van der Waals surface area contributed by atoms with Gasteiger partial charge in [0.1, 0.15) is 0 Å². The first-order chi connectivity index (χ1) is 8.13. The highest BCUT2D eigenvalue weighted by Gasteiger charge is 2.25. The smallest absolute Gasteiger partial charge is 0.0766 e. The molecule has 0 spiro atoms. The second kappa shape index (κ2) is 5.50. The predicted molar refractivity (Wildman–Crippen MR) is 70.9 cm³/mol. The summed E-state index contributed by atoms with van der Waals surface area (Å²) in [4.78, 5) is 0. The summed E-state index contributed by atoms with van der Waals surface area (Å²) < 4.78 is 8.67. The third kappa shape index (κ3) is 2.72. The molecule has 1 aliphatic heterocycles. The molecule has 4 nitrogen and oxygen atoms in total. The second-order valence-corrected chi connectivity index (χ2v) is 5.40. The quantitative estimate of drug-likeness (QED) is 0.922. The molecule has 17 heavy (non-hydrogen) atoms. The van der Waals surface area contributed by atoms with E-state index in [-0.39, 0.29) is 12.1 Å². The van der Waals surface area contributed by atoms with Gasteiger partial charge in [-0.25, -0.2) is 0 Å². The number of ether oxygens (including phenoxy) is 1. The lowest BCUT2D eigenvalue weighted by Crippen LogP contribution is -2.36. The molecule has 0 radical (unpaired) electrons. The summed E-state index contributed by atoms with van der Waals surface area (Å²) in [6.07, 6.45) is 4.17. The zero-order chi connectivity index (χ0) is 12.4. The van der Waals surface area contributed by atoms with Crippen molar-refractivity contribution in [3.05, 3.63) is 15.9 Å². The maximum Gasteiger partial charge on any atom is 0.0766 e. The standard InChI is InChI=1S/C12H20BrN3O/c1-3-9-12(13)10(16(2)15-9)7-8(14)11-5-4-6-17-11/h8,11H,3-7,14H2,1-2H3. The van der Waals surface area contributed by atoms with E-state index in [0.717, 1.165) is 42.5 Å². The van der Waals surface area contributed by atoms with Crippen molar-refractivity contribution in [3.8, 4) is 0 Å². The molecule has 2 N–H and O–H groups in total. The summed E-state index contributed by atoms with van der Waals surface area (Å²) >= 11 is 3.62. The first kappa shape index (κ1) is 13.1. The zero-order valence-electron chi connectivity index (χ0n) is 10.4. The van der Waals surface area contributed by atoms with Crippen LogP contribution in [0, 0.1) is 0 Å². The number of rotatable bonds is 4. The Morgan fingerprint density at radius 3 is 2.94 bits per heavy atom. The monoisotopic (exact) mass is 301 g/mol. The van der Waals surface area contributed by atoms with Gasteiger partial charge in [-0.05, 0) is 35.2 Å². The average molecular weight is 302 g/mol. The van der Waals surface area contributed by atoms with Gasteiger partial charge in [-0.3, -0.25) is 4.68 Å². The van der Waals surface area contributed by atoms with Crippen LogP contribution in [-0.2, 0) is 24.6 Å². The van der Waals surface area contributed by atoms with Crippen molar-refractivity contribution in [2.24, 2.45) is 12.8 Å². The van der Waals surface area contributed by atoms with Crippen LogP contribution in [0.25, 0.3) is 0 Å². The molecular weight excluding hydrogens is 282 g/mol. The van der Waals surface area contributed by atoms with Gasteiger partial charge < -0.3 is 10.5 Å². The molecule has 96 valence electrons. The molecule has 1 aromatic rings. The van der Waals surface area contributed by atoms with E-state index in [2.05, 4.69) is 28.0 Å². The van der Waals surface area contributed by atoms with Gasteiger partial charge in [-0.15, -0.1) is 0 Å². The first-order valence-corrected chi connectivity index (χ1v) is 7.00. The molecular formula is C12H20BrN3O. The van der Waals surface area contributed by atoms with Gasteiger partial charge in [0.15, 0.2) is 0 Å². The molecule has 1 aromatic heterocycles. The molecule has 2 unspecified atom stereocenters. The van der Waals surface area contributed by atoms with E-state index < -0.39 is 0 Å². The highest BCUT2D eigenvalue weighted by Crippen LogP contribution is 2.24. The molecule has 5 heteroatoms. The Balaban J connectivity index is 2.09. The highest BCUT2D eigenvalue weighted by atomic mass is 79.9. The van der Waals surface area contributed by atoms with E-state index in [4.69, 9.17) is 10.5 Å². The topological polar surface area (TPSA) is 53.1 Å². The van der Waals surface area contributed by atoms with Crippen LogP contribution in [0.2, 0.25) is 0 Å². The molecule has 0 saturated carbocycles. The molecule has 1 aliphatic rings. The van der Waals surface area contributed by atoms with Gasteiger partial charge in [-0.1, -0.05) is 6.92 Å². The minimum Gasteiger partial charge on any atom is -0.377 e. The third-order valence-electron chi connectivity index (χ3n) is 3.37. The molecule has 2 rings (SSSR count).